The third kappa shape index (κ3) is 6.14. The number of nitrogens with zero attached hydrogens (tertiary/aromatic N) is 1. The molecule has 2 aromatic carbocycles. The van der Waals surface area contributed by atoms with Crippen molar-refractivity contribution in [2.24, 2.45) is 11.8 Å². The zero-order valence-corrected chi connectivity index (χ0v) is 19.7. The number of benzene rings is 2. The minimum Gasteiger partial charge on any atom is -0.368 e. The molecule has 1 amide bonds. The molecule has 0 bridgehead atoms. The monoisotopic (exact) mass is 508 g/mol. The molecule has 10 heteroatoms. The number of hydrogen-bond acceptors (Lipinski definition) is 3. The molecular formula is C25H25ClF4N4O. The smallest absolute Gasteiger partial charge is 0.368 e. The average Bonchev–Trinajstić information content (AvgIpc) is 3.27. The van der Waals surface area contributed by atoms with Gasteiger partial charge in [0.1, 0.15) is 11.6 Å². The van der Waals surface area contributed by atoms with Crippen molar-refractivity contribution in [2.45, 2.75) is 38.4 Å². The van der Waals surface area contributed by atoms with Gasteiger partial charge in [-0.15, -0.1) is 0 Å². The van der Waals surface area contributed by atoms with E-state index in [2.05, 4.69) is 27.8 Å². The van der Waals surface area contributed by atoms with Crippen LogP contribution in [0.1, 0.15) is 42.1 Å². The zero-order valence-electron chi connectivity index (χ0n) is 18.9. The first kappa shape index (κ1) is 25.0. The van der Waals surface area contributed by atoms with Gasteiger partial charge >= 0.3 is 6.18 Å². The van der Waals surface area contributed by atoms with Gasteiger partial charge in [-0.1, -0.05) is 18.5 Å². The largest absolute Gasteiger partial charge is 0.416 e. The highest BCUT2D eigenvalue weighted by atomic mass is 35.5. The fourth-order valence-electron chi connectivity index (χ4n) is 4.46. The number of carbonyl (C=O) groups excluding carboxylic acids is 1. The predicted molar refractivity (Wildman–Crippen MR) is 127 cm³/mol. The zero-order chi connectivity index (χ0) is 25.2. The van der Waals surface area contributed by atoms with E-state index in [4.69, 9.17) is 11.6 Å². The molecule has 35 heavy (non-hydrogen) atoms. The van der Waals surface area contributed by atoms with E-state index in [9.17, 15) is 22.4 Å². The Morgan fingerprint density at radius 1 is 1.14 bits per heavy atom. The van der Waals surface area contributed by atoms with Crippen molar-refractivity contribution in [1.82, 2.24) is 15.5 Å². The minimum absolute atomic E-state index is 0.0135. The highest BCUT2D eigenvalue weighted by Gasteiger charge is 2.33. The molecule has 3 N–H and O–H groups in total. The van der Waals surface area contributed by atoms with Gasteiger partial charge in [-0.3, -0.25) is 9.89 Å². The van der Waals surface area contributed by atoms with Crippen LogP contribution in [0.3, 0.4) is 0 Å². The van der Waals surface area contributed by atoms with Crippen molar-refractivity contribution in [1.29, 1.82) is 0 Å². The first-order valence-electron chi connectivity index (χ1n) is 11.3. The summed E-state index contributed by atoms with van der Waals surface area (Å²) in [4.78, 5) is 12.6. The number of carbonyl (C=O) groups is 1. The van der Waals surface area contributed by atoms with Crippen LogP contribution in [0.25, 0.3) is 11.3 Å². The predicted octanol–water partition coefficient (Wildman–Crippen LogP) is 6.53. The Morgan fingerprint density at radius 2 is 1.89 bits per heavy atom. The van der Waals surface area contributed by atoms with Gasteiger partial charge < -0.3 is 10.6 Å². The second kappa shape index (κ2) is 10.3. The van der Waals surface area contributed by atoms with Crippen LogP contribution in [0.2, 0.25) is 5.02 Å². The van der Waals surface area contributed by atoms with Crippen molar-refractivity contribution in [2.75, 3.05) is 11.9 Å². The van der Waals surface area contributed by atoms with Crippen molar-refractivity contribution in [3.8, 4) is 11.3 Å². The van der Waals surface area contributed by atoms with Crippen molar-refractivity contribution in [3.05, 3.63) is 70.5 Å². The Balaban J connectivity index is 1.30. The molecular weight excluding hydrogens is 484 g/mol. The number of rotatable bonds is 6. The number of aromatic amines is 1. The van der Waals surface area contributed by atoms with Crippen molar-refractivity contribution >= 4 is 23.3 Å². The average molecular weight is 509 g/mol. The number of nitrogens with one attached hydrogen (secondary N) is 3. The number of halogens is 5. The molecule has 0 radical (unpaired) electrons. The van der Waals surface area contributed by atoms with Gasteiger partial charge in [0.05, 0.1) is 21.8 Å². The molecule has 0 aliphatic heterocycles. The molecule has 0 saturated heterocycles. The van der Waals surface area contributed by atoms with E-state index in [1.807, 2.05) is 6.07 Å². The summed E-state index contributed by atoms with van der Waals surface area (Å²) in [5.74, 6) is 0.400. The molecule has 1 aliphatic carbocycles. The third-order valence-corrected chi connectivity index (χ3v) is 6.83. The molecule has 1 fully saturated rings. The van der Waals surface area contributed by atoms with Crippen LogP contribution in [0, 0.1) is 17.7 Å². The number of anilines is 1. The summed E-state index contributed by atoms with van der Waals surface area (Å²) in [5.41, 5.74) is 0.530. The maximum absolute atomic E-state index is 13.1. The highest BCUT2D eigenvalue weighted by molar-refractivity contribution is 6.33. The van der Waals surface area contributed by atoms with Crippen molar-refractivity contribution in [3.63, 3.8) is 0 Å². The topological polar surface area (TPSA) is 69.8 Å². The van der Waals surface area contributed by atoms with E-state index in [0.717, 1.165) is 35.9 Å². The first-order chi connectivity index (χ1) is 16.6. The van der Waals surface area contributed by atoms with Crippen LogP contribution in [-0.4, -0.2) is 28.7 Å². The lowest BCUT2D eigenvalue weighted by atomic mass is 9.78. The second-order valence-electron chi connectivity index (χ2n) is 8.97. The van der Waals surface area contributed by atoms with Gasteiger partial charge in [-0.05, 0) is 79.1 Å². The van der Waals surface area contributed by atoms with E-state index in [1.54, 1.807) is 12.1 Å². The fourth-order valence-corrected chi connectivity index (χ4v) is 4.66. The molecule has 4 rings (SSSR count). The maximum Gasteiger partial charge on any atom is 0.416 e. The summed E-state index contributed by atoms with van der Waals surface area (Å²) in [6.45, 7) is 2.78. The molecule has 1 unspecified atom stereocenters. The van der Waals surface area contributed by atoms with Crippen LogP contribution in [0.5, 0.6) is 0 Å². The molecule has 3 aromatic rings. The standard InChI is InChI=1S/C25H25ClF4N4O/c1-14-10-19(32-24(35)20-11-17(25(28,29)30)5-9-21(20)26)8-4-16(14)13-31-23-12-22(33-34-23)15-2-6-18(27)7-3-15/h2-3,5-7,9,11-12,14,16,19H,4,8,10,13H2,1H3,(H,32,35)(H2,31,33,34)/t14-,16?,19+/m0/s1. The van der Waals surface area contributed by atoms with Gasteiger partial charge in [0, 0.05) is 18.7 Å². The fraction of sp³-hybridized carbons (Fsp3) is 0.360. The molecule has 1 aromatic heterocycles. The Kier molecular flexibility index (Phi) is 7.35. The Bertz CT molecular complexity index is 1180. The van der Waals surface area contributed by atoms with Gasteiger partial charge in [0.15, 0.2) is 0 Å². The lowest BCUT2D eigenvalue weighted by Gasteiger charge is -2.34. The van der Waals surface area contributed by atoms with E-state index in [-0.39, 0.29) is 28.4 Å². The van der Waals surface area contributed by atoms with Gasteiger partial charge in [0.2, 0.25) is 0 Å². The van der Waals surface area contributed by atoms with Gasteiger partial charge in [-0.25, -0.2) is 4.39 Å². The maximum atomic E-state index is 13.1. The minimum atomic E-state index is -4.55. The third-order valence-electron chi connectivity index (χ3n) is 6.50. The Morgan fingerprint density at radius 3 is 2.57 bits per heavy atom. The molecule has 5 nitrogen and oxygen atoms in total. The lowest BCUT2D eigenvalue weighted by molar-refractivity contribution is -0.137. The lowest BCUT2D eigenvalue weighted by Crippen LogP contribution is -2.41. The molecule has 3 atom stereocenters. The summed E-state index contributed by atoms with van der Waals surface area (Å²) < 4.78 is 52.2. The molecule has 1 saturated carbocycles. The summed E-state index contributed by atoms with van der Waals surface area (Å²) in [5, 5.41) is 13.4. The Hall–Kier alpha value is -3.07. The van der Waals surface area contributed by atoms with E-state index in [0.29, 0.717) is 31.1 Å². The second-order valence-corrected chi connectivity index (χ2v) is 9.38. The number of hydrogen-bond donors (Lipinski definition) is 3. The Labute approximate surface area is 205 Å². The number of alkyl halides is 3. The normalized spacial score (nSPS) is 20.5. The van der Waals surface area contributed by atoms with Crippen LogP contribution in [-0.2, 0) is 6.18 Å². The quantitative estimate of drug-likeness (QED) is 0.331. The van der Waals surface area contributed by atoms with E-state index in [1.165, 1.54) is 12.1 Å². The molecule has 186 valence electrons. The van der Waals surface area contributed by atoms with E-state index < -0.39 is 17.6 Å². The van der Waals surface area contributed by atoms with E-state index >= 15 is 0 Å². The number of H-pyrrole nitrogens is 1. The summed E-state index contributed by atoms with van der Waals surface area (Å²) in [6.07, 6.45) is -2.30. The first-order valence-corrected chi connectivity index (χ1v) is 11.7. The SMILES string of the molecule is C[C@H]1C[C@H](NC(=O)c2cc(C(F)(F)F)ccc2Cl)CCC1CNc1cc(-c2ccc(F)cc2)[nH]n1. The van der Waals surface area contributed by atoms with Crippen LogP contribution in [0.4, 0.5) is 23.4 Å². The van der Waals surface area contributed by atoms with Gasteiger partial charge in [-0.2, -0.15) is 18.3 Å². The number of aromatic nitrogens is 2. The molecule has 0 spiro atoms. The summed E-state index contributed by atoms with van der Waals surface area (Å²) >= 11 is 6.00. The molecule has 1 aliphatic rings. The van der Waals surface area contributed by atoms with Crippen molar-refractivity contribution < 1.29 is 22.4 Å². The highest BCUT2D eigenvalue weighted by Crippen LogP contribution is 2.33. The number of amides is 1. The van der Waals surface area contributed by atoms with Crippen LogP contribution in [0.15, 0.2) is 48.5 Å². The summed E-state index contributed by atoms with van der Waals surface area (Å²) in [6, 6.07) is 10.6. The molecule has 1 heterocycles. The van der Waals surface area contributed by atoms with Crippen LogP contribution < -0.4 is 10.6 Å². The van der Waals surface area contributed by atoms with Gasteiger partial charge in [0.25, 0.3) is 5.91 Å². The summed E-state index contributed by atoms with van der Waals surface area (Å²) in [7, 11) is 0. The van der Waals surface area contributed by atoms with Crippen LogP contribution >= 0.6 is 11.6 Å².